The molecule has 1 N–H and O–H groups in total. The Kier molecular flexibility index (Phi) is 8.76. The lowest BCUT2D eigenvalue weighted by Gasteiger charge is -2.31. The molecule has 1 amide bonds. The van der Waals surface area contributed by atoms with E-state index in [4.69, 9.17) is 4.74 Å². The molecule has 0 aromatic rings. The maximum atomic E-state index is 12.5. The predicted octanol–water partition coefficient (Wildman–Crippen LogP) is 5.14. The Balaban J connectivity index is 5.47. The van der Waals surface area contributed by atoms with Crippen molar-refractivity contribution in [3.63, 3.8) is 0 Å². The van der Waals surface area contributed by atoms with E-state index in [1.54, 1.807) is 4.90 Å². The smallest absolute Gasteiger partial charge is 0.411 e. The first-order valence-electron chi connectivity index (χ1n) is 8.82. The van der Waals surface area contributed by atoms with E-state index in [-0.39, 0.29) is 29.5 Å². The van der Waals surface area contributed by atoms with Crippen molar-refractivity contribution in [2.75, 3.05) is 0 Å². The van der Waals surface area contributed by atoms with Gasteiger partial charge in [0.25, 0.3) is 0 Å². The summed E-state index contributed by atoms with van der Waals surface area (Å²) in [5.74, 6) is 0.358. The number of carbonyl (C=O) groups excluding carboxylic acids is 1. The average molecular weight is 340 g/mol. The van der Waals surface area contributed by atoms with Crippen LogP contribution in [-0.2, 0) is 4.74 Å². The molecule has 0 saturated heterocycles. The molecule has 4 heteroatoms. The predicted molar refractivity (Wildman–Crippen MR) is 101 cm³/mol. The number of aliphatic hydroxyl groups is 1. The number of nitrogens with zero attached hydrogens (tertiary/aromatic N) is 1. The number of carbonyl (C=O) groups is 1. The maximum Gasteiger partial charge on any atom is 0.415 e. The second kappa shape index (κ2) is 9.26. The minimum atomic E-state index is -0.525. The highest BCUT2D eigenvalue weighted by molar-refractivity contribution is 5.70. The Bertz CT molecular complexity index is 458. The summed E-state index contributed by atoms with van der Waals surface area (Å²) in [5, 5.41) is 10.4. The van der Waals surface area contributed by atoms with Gasteiger partial charge in [-0.1, -0.05) is 33.3 Å². The Labute approximate surface area is 148 Å². The first-order chi connectivity index (χ1) is 10.8. The molecule has 4 nitrogen and oxygen atoms in total. The van der Waals surface area contributed by atoms with E-state index in [2.05, 4.69) is 0 Å². The van der Waals surface area contributed by atoms with Gasteiger partial charge in [-0.3, -0.25) is 0 Å². The molecule has 0 aliphatic heterocycles. The molecule has 0 radical (unpaired) electrons. The van der Waals surface area contributed by atoms with Crippen LogP contribution in [0.3, 0.4) is 0 Å². The normalized spacial score (nSPS) is 15.3. The Morgan fingerprint density at radius 2 is 1.50 bits per heavy atom. The van der Waals surface area contributed by atoms with Crippen LogP contribution in [-0.4, -0.2) is 34.3 Å². The molecule has 0 bridgehead atoms. The molecule has 0 aliphatic rings. The largest absolute Gasteiger partial charge is 0.415 e. The van der Waals surface area contributed by atoms with Crippen molar-refractivity contribution in [1.29, 1.82) is 0 Å². The number of hydrogen-bond donors (Lipinski definition) is 1. The topological polar surface area (TPSA) is 49.8 Å². The Morgan fingerprint density at radius 3 is 1.83 bits per heavy atom. The van der Waals surface area contributed by atoms with Gasteiger partial charge in [-0.2, -0.15) is 0 Å². The third-order valence-corrected chi connectivity index (χ3v) is 3.77. The standard InChI is InChI=1S/C20H37NO3/c1-13(2)11-17(12-16(7)18(22)20(8,9)10)24-19(23)21(14(3)4)15(5)6/h11-12,14-16,18,22H,1-10H3/b17-12-/t16-,18-/m0/s1. The summed E-state index contributed by atoms with van der Waals surface area (Å²) in [6, 6.07) is 0.117. The molecule has 0 heterocycles. The lowest BCUT2D eigenvalue weighted by atomic mass is 9.82. The molecule has 140 valence electrons. The van der Waals surface area contributed by atoms with Crippen LogP contribution in [0, 0.1) is 11.3 Å². The van der Waals surface area contributed by atoms with Gasteiger partial charge >= 0.3 is 6.09 Å². The summed E-state index contributed by atoms with van der Waals surface area (Å²) in [7, 11) is 0. The molecule has 0 aliphatic carbocycles. The third-order valence-electron chi connectivity index (χ3n) is 3.77. The van der Waals surface area contributed by atoms with Crippen LogP contribution >= 0.6 is 0 Å². The first-order valence-corrected chi connectivity index (χ1v) is 8.82. The van der Waals surface area contributed by atoms with Crippen molar-refractivity contribution < 1.29 is 14.6 Å². The summed E-state index contributed by atoms with van der Waals surface area (Å²) in [4.78, 5) is 14.2. The monoisotopic (exact) mass is 339 g/mol. The van der Waals surface area contributed by atoms with Crippen LogP contribution in [0.5, 0.6) is 0 Å². The minimum Gasteiger partial charge on any atom is -0.411 e. The Morgan fingerprint density at radius 1 is 1.04 bits per heavy atom. The van der Waals surface area contributed by atoms with Crippen LogP contribution in [0.1, 0.15) is 69.2 Å². The lowest BCUT2D eigenvalue weighted by Crippen LogP contribution is -2.42. The van der Waals surface area contributed by atoms with Gasteiger partial charge in [0.05, 0.1) is 6.10 Å². The molecule has 0 aromatic carbocycles. The Hall–Kier alpha value is -1.29. The van der Waals surface area contributed by atoms with Gasteiger partial charge in [-0.25, -0.2) is 4.79 Å². The molecule has 0 aromatic heterocycles. The van der Waals surface area contributed by atoms with Crippen molar-refractivity contribution >= 4 is 6.09 Å². The highest BCUT2D eigenvalue weighted by atomic mass is 16.6. The van der Waals surface area contributed by atoms with Crippen molar-refractivity contribution in [2.45, 2.75) is 87.4 Å². The molecule has 0 fully saturated rings. The number of allylic oxidation sites excluding steroid dienone is 2. The fraction of sp³-hybridized carbons (Fsp3) is 0.750. The third kappa shape index (κ3) is 7.52. The summed E-state index contributed by atoms with van der Waals surface area (Å²) in [5.41, 5.74) is 0.796. The number of hydrogen-bond acceptors (Lipinski definition) is 3. The van der Waals surface area contributed by atoms with E-state index < -0.39 is 6.10 Å². The van der Waals surface area contributed by atoms with Crippen molar-refractivity contribution in [3.8, 4) is 0 Å². The van der Waals surface area contributed by atoms with Crippen LogP contribution in [0.2, 0.25) is 0 Å². The lowest BCUT2D eigenvalue weighted by molar-refractivity contribution is 0.0324. The second-order valence-corrected chi connectivity index (χ2v) is 8.42. The van der Waals surface area contributed by atoms with Crippen molar-refractivity contribution in [3.05, 3.63) is 23.5 Å². The molecular weight excluding hydrogens is 302 g/mol. The number of ether oxygens (including phenoxy) is 1. The first kappa shape index (κ1) is 22.7. The van der Waals surface area contributed by atoms with Gasteiger partial charge < -0.3 is 14.7 Å². The molecule has 2 atom stereocenters. The van der Waals surface area contributed by atoms with E-state index in [0.29, 0.717) is 5.76 Å². The SMILES string of the molecule is CC(C)=C/C(=C/[C@H](C)[C@H](O)C(C)(C)C)OC(=O)N(C(C)C)C(C)C. The second-order valence-electron chi connectivity index (χ2n) is 8.42. The molecule has 0 spiro atoms. The van der Waals surface area contributed by atoms with E-state index in [9.17, 15) is 9.90 Å². The number of aliphatic hydroxyl groups excluding tert-OH is 1. The highest BCUT2D eigenvalue weighted by Gasteiger charge is 2.28. The van der Waals surface area contributed by atoms with E-state index >= 15 is 0 Å². The van der Waals surface area contributed by atoms with E-state index in [0.717, 1.165) is 5.57 Å². The summed E-state index contributed by atoms with van der Waals surface area (Å²) in [6.45, 7) is 19.7. The van der Waals surface area contributed by atoms with Crippen molar-refractivity contribution in [1.82, 2.24) is 4.90 Å². The fourth-order valence-corrected chi connectivity index (χ4v) is 2.71. The average Bonchev–Trinajstić information content (AvgIpc) is 2.34. The molecular formula is C20H37NO3. The van der Waals surface area contributed by atoms with Crippen molar-refractivity contribution in [2.24, 2.45) is 11.3 Å². The zero-order valence-electron chi connectivity index (χ0n) is 17.2. The summed E-state index contributed by atoms with van der Waals surface area (Å²) < 4.78 is 5.64. The minimum absolute atomic E-state index is 0.0584. The van der Waals surface area contributed by atoms with E-state index in [1.165, 1.54) is 0 Å². The van der Waals surface area contributed by atoms with Crippen LogP contribution in [0.25, 0.3) is 0 Å². The summed E-state index contributed by atoms with van der Waals surface area (Å²) >= 11 is 0. The van der Waals surface area contributed by atoms with E-state index in [1.807, 2.05) is 81.4 Å². The summed E-state index contributed by atoms with van der Waals surface area (Å²) in [6.07, 6.45) is 2.78. The molecule has 0 saturated carbocycles. The number of rotatable bonds is 6. The highest BCUT2D eigenvalue weighted by Crippen LogP contribution is 2.27. The fourth-order valence-electron chi connectivity index (χ4n) is 2.71. The quantitative estimate of drug-likeness (QED) is 0.539. The van der Waals surface area contributed by atoms with Gasteiger partial charge in [0, 0.05) is 18.0 Å². The zero-order chi connectivity index (χ0) is 19.2. The van der Waals surface area contributed by atoms with Gasteiger partial charge in [-0.15, -0.1) is 0 Å². The zero-order valence-corrected chi connectivity index (χ0v) is 17.2. The van der Waals surface area contributed by atoms with Gasteiger partial charge in [-0.05, 0) is 59.1 Å². The maximum absolute atomic E-state index is 12.5. The van der Waals surface area contributed by atoms with Gasteiger partial charge in [0.15, 0.2) is 0 Å². The molecule has 0 unspecified atom stereocenters. The van der Waals surface area contributed by atoms with Crippen LogP contribution in [0.4, 0.5) is 4.79 Å². The molecule has 24 heavy (non-hydrogen) atoms. The molecule has 0 rings (SSSR count). The van der Waals surface area contributed by atoms with Crippen LogP contribution < -0.4 is 0 Å². The van der Waals surface area contributed by atoms with Gasteiger partial charge in [0.2, 0.25) is 0 Å². The van der Waals surface area contributed by atoms with Gasteiger partial charge in [0.1, 0.15) is 5.76 Å². The number of amides is 1. The van der Waals surface area contributed by atoms with Crippen LogP contribution in [0.15, 0.2) is 23.5 Å².